The molecule has 2 unspecified atom stereocenters. The van der Waals surface area contributed by atoms with Crippen LogP contribution in [-0.2, 0) is 9.59 Å². The third kappa shape index (κ3) is 8.51. The van der Waals surface area contributed by atoms with Crippen LogP contribution in [0.2, 0.25) is 0 Å². The summed E-state index contributed by atoms with van der Waals surface area (Å²) in [6.07, 6.45) is 0. The van der Waals surface area contributed by atoms with Crippen LogP contribution in [0.5, 0.6) is 0 Å². The summed E-state index contributed by atoms with van der Waals surface area (Å²) in [6, 6.07) is 45.6. The van der Waals surface area contributed by atoms with Crippen LogP contribution >= 0.6 is 48.0 Å². The second-order valence-corrected chi connectivity index (χ2v) is 13.2. The maximum atomic E-state index is 13.5. The average Bonchev–Trinajstić information content (AvgIpc) is 3.08. The van der Waals surface area contributed by atoms with Crippen LogP contribution in [0.4, 0.5) is 11.4 Å². The molecular formula is C36H28N2O2S4. The van der Waals surface area contributed by atoms with Crippen LogP contribution in [0.3, 0.4) is 0 Å². The van der Waals surface area contributed by atoms with Crippen LogP contribution < -0.4 is 10.6 Å². The molecule has 44 heavy (non-hydrogen) atoms. The molecule has 2 atom stereocenters. The second kappa shape index (κ2) is 15.6. The summed E-state index contributed by atoms with van der Waals surface area (Å²) in [7, 11) is 0. The minimum absolute atomic E-state index is 0.189. The zero-order chi connectivity index (χ0) is 30.7. The molecule has 0 heterocycles. The van der Waals surface area contributed by atoms with Gasteiger partial charge in [-0.1, -0.05) is 169 Å². The number of benzene rings is 5. The van der Waals surface area contributed by atoms with E-state index in [4.69, 9.17) is 24.4 Å². The highest BCUT2D eigenvalue weighted by Crippen LogP contribution is 2.35. The molecule has 4 nitrogen and oxygen atoms in total. The number of thiocarbonyl (C=S) groups is 2. The topological polar surface area (TPSA) is 58.2 Å². The summed E-state index contributed by atoms with van der Waals surface area (Å²) >= 11 is 14.0. The van der Waals surface area contributed by atoms with E-state index in [1.54, 1.807) is 24.3 Å². The van der Waals surface area contributed by atoms with Crippen molar-refractivity contribution in [3.63, 3.8) is 0 Å². The van der Waals surface area contributed by atoms with Gasteiger partial charge in [0.1, 0.15) is 10.5 Å². The van der Waals surface area contributed by atoms with Gasteiger partial charge in [0.25, 0.3) is 0 Å². The number of carbonyl (C=O) groups excluding carboxylic acids is 2. The molecule has 0 fully saturated rings. The van der Waals surface area contributed by atoms with Crippen molar-refractivity contribution in [2.75, 3.05) is 10.6 Å². The standard InChI is InChI=1S/C36H28N2O2S4/c39-33(31(25-13-5-1-6-14-25)43-35(41)27-17-9-3-10-18-27)37-29-21-23-30(24-22-29)38-34(40)32(26-15-7-2-8-16-26)44-36(42)28-19-11-4-12-20-28/h1-24,31-32H,(H,37,39)(H,38,40). The highest BCUT2D eigenvalue weighted by molar-refractivity contribution is 8.24. The fourth-order valence-electron chi connectivity index (χ4n) is 4.35. The molecule has 0 saturated heterocycles. The number of thioether (sulfide) groups is 2. The Bertz CT molecular complexity index is 1590. The third-order valence-corrected chi connectivity index (χ3v) is 9.96. The predicted molar refractivity (Wildman–Crippen MR) is 194 cm³/mol. The summed E-state index contributed by atoms with van der Waals surface area (Å²) < 4.78 is 1.29. The number of hydrogen-bond acceptors (Lipinski definition) is 6. The van der Waals surface area contributed by atoms with E-state index in [-0.39, 0.29) is 11.8 Å². The molecule has 0 saturated carbocycles. The molecule has 8 heteroatoms. The van der Waals surface area contributed by atoms with Crippen LogP contribution in [0.25, 0.3) is 0 Å². The molecule has 0 bridgehead atoms. The smallest absolute Gasteiger partial charge is 0.242 e. The molecule has 5 aromatic carbocycles. The molecule has 5 rings (SSSR count). The predicted octanol–water partition coefficient (Wildman–Crippen LogP) is 9.26. The van der Waals surface area contributed by atoms with E-state index in [1.165, 1.54) is 23.5 Å². The highest BCUT2D eigenvalue weighted by atomic mass is 32.2. The van der Waals surface area contributed by atoms with Crippen LogP contribution in [-0.4, -0.2) is 20.2 Å². The normalized spacial score (nSPS) is 12.0. The van der Waals surface area contributed by atoms with Gasteiger partial charge in [0.2, 0.25) is 11.8 Å². The first kappa shape index (κ1) is 31.3. The average molecular weight is 649 g/mol. The quantitative estimate of drug-likeness (QED) is 0.147. The molecule has 2 amide bonds. The van der Waals surface area contributed by atoms with Gasteiger partial charge in [-0.2, -0.15) is 0 Å². The monoisotopic (exact) mass is 648 g/mol. The van der Waals surface area contributed by atoms with E-state index in [0.29, 0.717) is 19.8 Å². The van der Waals surface area contributed by atoms with Gasteiger partial charge in [-0.3, -0.25) is 9.59 Å². The number of rotatable bonds is 10. The first-order valence-electron chi connectivity index (χ1n) is 13.8. The molecular weight excluding hydrogens is 621 g/mol. The fourth-order valence-corrected chi connectivity index (χ4v) is 7.09. The second-order valence-electron chi connectivity index (χ2n) is 9.68. The van der Waals surface area contributed by atoms with Crippen molar-refractivity contribution < 1.29 is 9.59 Å². The molecule has 0 aliphatic carbocycles. The number of carbonyl (C=O) groups is 2. The van der Waals surface area contributed by atoms with Crippen molar-refractivity contribution in [2.45, 2.75) is 10.5 Å². The number of amides is 2. The van der Waals surface area contributed by atoms with Crippen molar-refractivity contribution >= 4 is 79.5 Å². The van der Waals surface area contributed by atoms with Crippen molar-refractivity contribution in [2.24, 2.45) is 0 Å². The lowest BCUT2D eigenvalue weighted by Crippen LogP contribution is -2.21. The number of hydrogen-bond donors (Lipinski definition) is 2. The zero-order valence-corrected chi connectivity index (χ0v) is 26.7. The van der Waals surface area contributed by atoms with Crippen LogP contribution in [0.15, 0.2) is 146 Å². The largest absolute Gasteiger partial charge is 0.325 e. The van der Waals surface area contributed by atoms with Gasteiger partial charge in [0, 0.05) is 11.4 Å². The van der Waals surface area contributed by atoms with E-state index >= 15 is 0 Å². The Labute approximate surface area is 276 Å². The molecule has 0 spiro atoms. The summed E-state index contributed by atoms with van der Waals surface area (Å²) in [4.78, 5) is 27.1. The van der Waals surface area contributed by atoms with Gasteiger partial charge in [-0.25, -0.2) is 0 Å². The van der Waals surface area contributed by atoms with Crippen molar-refractivity contribution in [3.05, 3.63) is 168 Å². The van der Waals surface area contributed by atoms with Crippen LogP contribution in [0.1, 0.15) is 32.8 Å². The maximum absolute atomic E-state index is 13.5. The molecule has 0 aromatic heterocycles. The molecule has 0 radical (unpaired) electrons. The Morgan fingerprint density at radius 2 is 0.750 bits per heavy atom. The highest BCUT2D eigenvalue weighted by Gasteiger charge is 2.25. The van der Waals surface area contributed by atoms with E-state index in [0.717, 1.165) is 22.3 Å². The zero-order valence-electron chi connectivity index (χ0n) is 23.5. The molecule has 2 N–H and O–H groups in total. The Hall–Kier alpha value is -4.08. The number of anilines is 2. The van der Waals surface area contributed by atoms with Crippen molar-refractivity contribution in [3.8, 4) is 0 Å². The first-order chi connectivity index (χ1) is 21.5. The SMILES string of the molecule is O=C(Nc1ccc(NC(=O)C(SC(=S)c2ccccc2)c2ccccc2)cc1)C(SC(=S)c1ccccc1)c1ccccc1. The number of nitrogens with one attached hydrogen (secondary N) is 2. The van der Waals surface area contributed by atoms with Gasteiger partial charge in [0.15, 0.2) is 0 Å². The molecule has 0 aliphatic heterocycles. The van der Waals surface area contributed by atoms with Gasteiger partial charge in [0.05, 0.1) is 8.39 Å². The Morgan fingerprint density at radius 3 is 1.07 bits per heavy atom. The summed E-state index contributed by atoms with van der Waals surface area (Å²) in [5.74, 6) is -0.377. The minimum atomic E-state index is -0.541. The first-order valence-corrected chi connectivity index (χ1v) is 16.4. The summed E-state index contributed by atoms with van der Waals surface area (Å²) in [5, 5.41) is 4.95. The van der Waals surface area contributed by atoms with Crippen molar-refractivity contribution in [1.29, 1.82) is 0 Å². The molecule has 218 valence electrons. The lowest BCUT2D eigenvalue weighted by molar-refractivity contribution is -0.116. The summed E-state index contributed by atoms with van der Waals surface area (Å²) in [6.45, 7) is 0. The summed E-state index contributed by atoms with van der Waals surface area (Å²) in [5.41, 5.74) is 4.74. The van der Waals surface area contributed by atoms with Crippen LogP contribution in [0, 0.1) is 0 Å². The molecule has 0 aliphatic rings. The third-order valence-electron chi connectivity index (χ3n) is 6.57. The van der Waals surface area contributed by atoms with Crippen molar-refractivity contribution in [1.82, 2.24) is 0 Å². The lowest BCUT2D eigenvalue weighted by atomic mass is 10.1. The van der Waals surface area contributed by atoms with Gasteiger partial charge >= 0.3 is 0 Å². The van der Waals surface area contributed by atoms with E-state index < -0.39 is 10.5 Å². The van der Waals surface area contributed by atoms with E-state index in [1.807, 2.05) is 121 Å². The lowest BCUT2D eigenvalue weighted by Gasteiger charge is -2.19. The minimum Gasteiger partial charge on any atom is -0.325 e. The Balaban J connectivity index is 1.27. The van der Waals surface area contributed by atoms with E-state index in [2.05, 4.69) is 10.6 Å². The maximum Gasteiger partial charge on any atom is 0.242 e. The van der Waals surface area contributed by atoms with Gasteiger partial charge in [-0.05, 0) is 46.5 Å². The molecule has 5 aromatic rings. The Morgan fingerprint density at radius 1 is 0.455 bits per heavy atom. The van der Waals surface area contributed by atoms with Gasteiger partial charge < -0.3 is 10.6 Å². The van der Waals surface area contributed by atoms with E-state index in [9.17, 15) is 9.59 Å². The Kier molecular flexibility index (Phi) is 11.1. The van der Waals surface area contributed by atoms with Gasteiger partial charge in [-0.15, -0.1) is 0 Å². The fraction of sp³-hybridized carbons (Fsp3) is 0.0556.